The maximum Gasteiger partial charge on any atom is 0.0675 e. The van der Waals surface area contributed by atoms with Gasteiger partial charge in [0.2, 0.25) is 0 Å². The molecule has 0 aromatic heterocycles. The van der Waals surface area contributed by atoms with Gasteiger partial charge in [-0.2, -0.15) is 0 Å². The van der Waals surface area contributed by atoms with E-state index < -0.39 is 0 Å². The predicted octanol–water partition coefficient (Wildman–Crippen LogP) is 15.5. The number of hydrogen-bond acceptors (Lipinski definition) is 1. The van der Waals surface area contributed by atoms with Crippen molar-refractivity contribution in [3.8, 4) is 33.4 Å². The minimum atomic E-state index is 0.180. The summed E-state index contributed by atoms with van der Waals surface area (Å²) in [6.07, 6.45) is 9.00. The van der Waals surface area contributed by atoms with Gasteiger partial charge in [-0.25, -0.2) is 0 Å². The van der Waals surface area contributed by atoms with Gasteiger partial charge in [0.15, 0.2) is 0 Å². The Morgan fingerprint density at radius 1 is 0.305 bits per heavy atom. The van der Waals surface area contributed by atoms with Crippen molar-refractivity contribution < 1.29 is 0 Å². The Kier molecular flexibility index (Phi) is 7.68. The van der Waals surface area contributed by atoms with Crippen molar-refractivity contribution in [2.45, 2.75) is 0 Å². The van der Waals surface area contributed by atoms with Crippen molar-refractivity contribution >= 4 is 70.8 Å². The Balaban J connectivity index is 1.03. The summed E-state index contributed by atoms with van der Waals surface area (Å²) in [5.74, 6) is 0.180. The first-order valence-corrected chi connectivity index (χ1v) is 20.5. The first-order chi connectivity index (χ1) is 29.3. The van der Waals surface area contributed by atoms with Crippen molar-refractivity contribution in [2.24, 2.45) is 10.9 Å². The molecule has 274 valence electrons. The van der Waals surface area contributed by atoms with E-state index in [1.165, 1.54) is 98.4 Å². The molecule has 12 rings (SSSR count). The van der Waals surface area contributed by atoms with Crippen LogP contribution in [0, 0.1) is 5.92 Å². The Labute approximate surface area is 343 Å². The molecule has 0 radical (unpaired) electrons. The van der Waals surface area contributed by atoms with Gasteiger partial charge in [-0.05, 0) is 122 Å². The number of rotatable bonds is 5. The van der Waals surface area contributed by atoms with Crippen molar-refractivity contribution in [3.63, 3.8) is 0 Å². The van der Waals surface area contributed by atoms with E-state index in [9.17, 15) is 0 Å². The van der Waals surface area contributed by atoms with Crippen LogP contribution in [0.25, 0.3) is 98.5 Å². The molecule has 1 heteroatoms. The average Bonchev–Trinajstić information content (AvgIpc) is 3.74. The third kappa shape index (κ3) is 5.43. The first-order valence-electron chi connectivity index (χ1n) is 20.5. The van der Waals surface area contributed by atoms with E-state index in [0.717, 1.165) is 17.0 Å². The molecule has 1 nitrogen and oxygen atoms in total. The normalized spacial score (nSPS) is 14.8. The fourth-order valence-corrected chi connectivity index (χ4v) is 9.77. The summed E-state index contributed by atoms with van der Waals surface area (Å²) in [5.41, 5.74) is 13.3. The number of nitrogens with zero attached hydrogens (tertiary/aromatic N) is 1. The Morgan fingerprint density at radius 2 is 0.746 bits per heavy atom. The zero-order valence-corrected chi connectivity index (χ0v) is 32.3. The van der Waals surface area contributed by atoms with Gasteiger partial charge in [-0.15, -0.1) is 0 Å². The summed E-state index contributed by atoms with van der Waals surface area (Å²) in [7, 11) is 0. The van der Waals surface area contributed by atoms with Crippen LogP contribution in [0.15, 0.2) is 223 Å². The molecule has 1 atom stereocenters. The molecule has 0 N–H and O–H groups in total. The lowest BCUT2D eigenvalue weighted by atomic mass is 9.81. The van der Waals surface area contributed by atoms with E-state index in [0.29, 0.717) is 0 Å². The predicted molar refractivity (Wildman–Crippen MR) is 253 cm³/mol. The summed E-state index contributed by atoms with van der Waals surface area (Å²) in [4.78, 5) is 5.09. The van der Waals surface area contributed by atoms with Gasteiger partial charge in [0.05, 0.1) is 11.4 Å². The van der Waals surface area contributed by atoms with E-state index in [2.05, 4.69) is 218 Å². The van der Waals surface area contributed by atoms with E-state index in [1.54, 1.807) is 0 Å². The third-order valence-corrected chi connectivity index (χ3v) is 12.4. The second kappa shape index (κ2) is 13.5. The van der Waals surface area contributed by atoms with Crippen molar-refractivity contribution in [1.82, 2.24) is 0 Å². The third-order valence-electron chi connectivity index (χ3n) is 12.4. The van der Waals surface area contributed by atoms with E-state index in [4.69, 9.17) is 4.99 Å². The lowest BCUT2D eigenvalue weighted by molar-refractivity contribution is 1.17. The van der Waals surface area contributed by atoms with Gasteiger partial charge in [-0.3, -0.25) is 4.99 Å². The zero-order valence-electron chi connectivity index (χ0n) is 32.3. The van der Waals surface area contributed by atoms with E-state index in [1.807, 2.05) is 0 Å². The highest BCUT2D eigenvalue weighted by atomic mass is 14.8. The molecular formula is C58H37N. The molecule has 59 heavy (non-hydrogen) atoms. The highest BCUT2D eigenvalue weighted by Crippen LogP contribution is 2.50. The van der Waals surface area contributed by atoms with Crippen LogP contribution in [0.3, 0.4) is 0 Å². The fraction of sp³-hybridized carbons (Fsp3) is 0.0172. The number of aliphatic imine (C=N–C) groups is 1. The Bertz CT molecular complexity index is 3360. The molecule has 1 unspecified atom stereocenters. The summed E-state index contributed by atoms with van der Waals surface area (Å²) in [5, 5.41) is 12.5. The van der Waals surface area contributed by atoms with Gasteiger partial charge in [0.1, 0.15) is 0 Å². The van der Waals surface area contributed by atoms with Crippen molar-refractivity contribution in [2.75, 3.05) is 0 Å². The highest BCUT2D eigenvalue weighted by Gasteiger charge is 2.24. The lowest BCUT2D eigenvalue weighted by Gasteiger charge is -2.22. The lowest BCUT2D eigenvalue weighted by Crippen LogP contribution is -2.07. The summed E-state index contributed by atoms with van der Waals surface area (Å²) >= 11 is 0. The molecule has 10 aromatic carbocycles. The molecule has 1 heterocycles. The minimum Gasteiger partial charge on any atom is -0.252 e. The molecule has 0 saturated carbocycles. The summed E-state index contributed by atoms with van der Waals surface area (Å²) in [6.45, 7) is 0. The first kappa shape index (κ1) is 33.5. The number of hydrogen-bond donors (Lipinski definition) is 0. The zero-order chi connectivity index (χ0) is 38.9. The van der Waals surface area contributed by atoms with Crippen LogP contribution in [-0.4, -0.2) is 5.71 Å². The van der Waals surface area contributed by atoms with Gasteiger partial charge >= 0.3 is 0 Å². The smallest absolute Gasteiger partial charge is 0.0675 e. The molecule has 1 aliphatic carbocycles. The molecule has 0 spiro atoms. The average molecular weight is 748 g/mol. The van der Waals surface area contributed by atoms with E-state index in [-0.39, 0.29) is 5.92 Å². The van der Waals surface area contributed by atoms with Gasteiger partial charge in [0.25, 0.3) is 0 Å². The largest absolute Gasteiger partial charge is 0.252 e. The molecule has 0 bridgehead atoms. The monoisotopic (exact) mass is 747 g/mol. The number of fused-ring (bicyclic) bond motifs is 6. The molecule has 0 saturated heterocycles. The molecule has 0 fully saturated rings. The van der Waals surface area contributed by atoms with Crippen LogP contribution in [0.1, 0.15) is 11.1 Å². The Hall–Kier alpha value is -7.61. The molecule has 0 amide bonds. The van der Waals surface area contributed by atoms with Gasteiger partial charge < -0.3 is 0 Å². The number of allylic oxidation sites excluding steroid dienone is 5. The van der Waals surface area contributed by atoms with Crippen molar-refractivity contribution in [1.29, 1.82) is 0 Å². The SMILES string of the molecule is C1=CC2=NC(c3ccc(-c4c5ccccc5c(-c5c6ccccc6c(-c6ccc7ccccc7c6)c6ccccc56)c5ccccc45)cc3)=CC2C=C1c1ccccc1. The Morgan fingerprint density at radius 3 is 1.31 bits per heavy atom. The van der Waals surface area contributed by atoms with Crippen LogP contribution >= 0.6 is 0 Å². The molecule has 1 aliphatic heterocycles. The quantitative estimate of drug-likeness (QED) is 0.156. The number of benzene rings is 10. The van der Waals surface area contributed by atoms with Crippen molar-refractivity contribution in [3.05, 3.63) is 230 Å². The van der Waals surface area contributed by atoms with Crippen LogP contribution in [-0.2, 0) is 0 Å². The van der Waals surface area contributed by atoms with Crippen LogP contribution in [0.5, 0.6) is 0 Å². The fourth-order valence-electron chi connectivity index (χ4n) is 9.77. The van der Waals surface area contributed by atoms with E-state index >= 15 is 0 Å². The summed E-state index contributed by atoms with van der Waals surface area (Å²) < 4.78 is 0. The molecule has 2 aliphatic rings. The summed E-state index contributed by atoms with van der Waals surface area (Å²) in [6, 6.07) is 71.3. The minimum absolute atomic E-state index is 0.180. The van der Waals surface area contributed by atoms with Crippen LogP contribution in [0.2, 0.25) is 0 Å². The highest BCUT2D eigenvalue weighted by molar-refractivity contribution is 6.30. The second-order valence-electron chi connectivity index (χ2n) is 15.8. The van der Waals surface area contributed by atoms with Gasteiger partial charge in [-0.1, -0.05) is 200 Å². The second-order valence-corrected chi connectivity index (χ2v) is 15.8. The van der Waals surface area contributed by atoms with Gasteiger partial charge in [0, 0.05) is 5.92 Å². The molecule has 10 aromatic rings. The standard InChI is InChI=1S/C58H37N/c1-2-14-37(15-3-1)42-32-33-53-44(35-42)36-54(59-53)39-27-29-40(30-28-39)55-45-18-6-10-22-49(45)57(50-23-11-7-19-46(50)55)58-51-24-12-8-20-47(51)56(48-21-9-13-25-52(48)58)43-31-26-38-16-4-5-17-41(38)34-43/h1-36,44H. The molecular weight excluding hydrogens is 711 g/mol. The van der Waals surface area contributed by atoms with Crippen LogP contribution in [0.4, 0.5) is 0 Å². The maximum absolute atomic E-state index is 5.09. The maximum atomic E-state index is 5.09. The topological polar surface area (TPSA) is 12.4 Å². The van der Waals surface area contributed by atoms with Crippen LogP contribution < -0.4 is 0 Å².